The number of anilines is 1. The molecule has 0 aromatic heterocycles. The smallest absolute Gasteiger partial charge is 0.129 e. The van der Waals surface area contributed by atoms with Gasteiger partial charge in [0.05, 0.1) is 6.61 Å². The molecule has 21 heavy (non-hydrogen) atoms. The van der Waals surface area contributed by atoms with Gasteiger partial charge in [0.15, 0.2) is 0 Å². The van der Waals surface area contributed by atoms with Crippen LogP contribution in [0.4, 0.5) is 10.1 Å². The molecule has 0 amide bonds. The van der Waals surface area contributed by atoms with Gasteiger partial charge in [-0.25, -0.2) is 4.39 Å². The van der Waals surface area contributed by atoms with Gasteiger partial charge in [-0.2, -0.15) is 0 Å². The van der Waals surface area contributed by atoms with Crippen LogP contribution in [0.5, 0.6) is 0 Å². The average Bonchev–Trinajstić information content (AvgIpc) is 3.06. The monoisotopic (exact) mass is 292 g/mol. The van der Waals surface area contributed by atoms with Crippen molar-refractivity contribution < 1.29 is 9.13 Å². The molecule has 0 radical (unpaired) electrons. The molecule has 1 aliphatic carbocycles. The normalized spacial score (nSPS) is 24.6. The highest BCUT2D eigenvalue weighted by molar-refractivity contribution is 5.55. The van der Waals surface area contributed by atoms with Gasteiger partial charge in [0.2, 0.25) is 0 Å². The van der Waals surface area contributed by atoms with Crippen LogP contribution < -0.4 is 10.2 Å². The number of rotatable bonds is 6. The molecule has 2 atom stereocenters. The molecule has 1 saturated carbocycles. The van der Waals surface area contributed by atoms with Crippen molar-refractivity contribution in [2.45, 2.75) is 25.8 Å². The van der Waals surface area contributed by atoms with Crippen molar-refractivity contribution in [1.82, 2.24) is 5.32 Å². The van der Waals surface area contributed by atoms with Gasteiger partial charge in [-0.05, 0) is 36.8 Å². The number of halogens is 1. The Morgan fingerprint density at radius 2 is 2.05 bits per heavy atom. The number of fused-ring (bicyclic) bond motifs is 1. The quantitative estimate of drug-likeness (QED) is 0.816. The number of ether oxygens (including phenoxy) is 1. The zero-order valence-corrected chi connectivity index (χ0v) is 12.8. The maximum absolute atomic E-state index is 14.2. The van der Waals surface area contributed by atoms with Gasteiger partial charge >= 0.3 is 0 Å². The maximum atomic E-state index is 14.2. The fourth-order valence-corrected chi connectivity index (χ4v) is 3.84. The molecule has 116 valence electrons. The molecule has 4 heteroatoms. The molecule has 2 fully saturated rings. The lowest BCUT2D eigenvalue weighted by Gasteiger charge is -2.23. The number of hydrogen-bond donors (Lipinski definition) is 1. The van der Waals surface area contributed by atoms with E-state index < -0.39 is 0 Å². The van der Waals surface area contributed by atoms with E-state index in [2.05, 4.69) is 16.3 Å². The number of benzene rings is 1. The Balaban J connectivity index is 1.71. The molecular formula is C17H25FN2O. The van der Waals surface area contributed by atoms with Crippen LogP contribution in [0.15, 0.2) is 18.2 Å². The molecule has 2 unspecified atom stereocenters. The lowest BCUT2D eigenvalue weighted by atomic mass is 10.0. The van der Waals surface area contributed by atoms with Crippen LogP contribution >= 0.6 is 0 Å². The van der Waals surface area contributed by atoms with E-state index in [-0.39, 0.29) is 5.82 Å². The van der Waals surface area contributed by atoms with Crippen molar-refractivity contribution in [3.8, 4) is 0 Å². The molecule has 1 heterocycles. The van der Waals surface area contributed by atoms with Crippen LogP contribution in [0.25, 0.3) is 0 Å². The lowest BCUT2D eigenvalue weighted by molar-refractivity contribution is 0.199. The molecule has 3 nitrogen and oxygen atoms in total. The molecule has 1 aliphatic heterocycles. The molecule has 1 N–H and O–H groups in total. The summed E-state index contributed by atoms with van der Waals surface area (Å²) in [5.74, 6) is 1.54. The van der Waals surface area contributed by atoms with E-state index in [9.17, 15) is 4.39 Å². The molecular weight excluding hydrogens is 267 g/mol. The van der Waals surface area contributed by atoms with E-state index in [1.807, 2.05) is 6.07 Å². The Labute approximate surface area is 126 Å². The summed E-state index contributed by atoms with van der Waals surface area (Å²) in [6.07, 6.45) is 4.06. The van der Waals surface area contributed by atoms with Gasteiger partial charge < -0.3 is 15.0 Å². The van der Waals surface area contributed by atoms with E-state index in [1.165, 1.54) is 19.3 Å². The lowest BCUT2D eigenvalue weighted by Crippen LogP contribution is -2.25. The maximum Gasteiger partial charge on any atom is 0.129 e. The number of methoxy groups -OCH3 is 1. The minimum atomic E-state index is -0.102. The summed E-state index contributed by atoms with van der Waals surface area (Å²) < 4.78 is 19.2. The first kappa shape index (κ1) is 14.8. The van der Waals surface area contributed by atoms with Crippen LogP contribution in [0.1, 0.15) is 24.8 Å². The zero-order valence-electron chi connectivity index (χ0n) is 12.8. The van der Waals surface area contributed by atoms with Gasteiger partial charge in [-0.1, -0.05) is 12.5 Å². The van der Waals surface area contributed by atoms with Crippen molar-refractivity contribution in [2.24, 2.45) is 11.8 Å². The Kier molecular flexibility index (Phi) is 4.76. The van der Waals surface area contributed by atoms with Crippen molar-refractivity contribution in [3.63, 3.8) is 0 Å². The highest BCUT2D eigenvalue weighted by Crippen LogP contribution is 2.40. The molecule has 0 bridgehead atoms. The topological polar surface area (TPSA) is 24.5 Å². The first-order valence-electron chi connectivity index (χ1n) is 8.01. The van der Waals surface area contributed by atoms with Gasteiger partial charge in [0.25, 0.3) is 0 Å². The average molecular weight is 292 g/mol. The second kappa shape index (κ2) is 6.75. The van der Waals surface area contributed by atoms with Crippen molar-refractivity contribution in [3.05, 3.63) is 29.6 Å². The van der Waals surface area contributed by atoms with Gasteiger partial charge in [-0.3, -0.25) is 0 Å². The third kappa shape index (κ3) is 3.22. The summed E-state index contributed by atoms with van der Waals surface area (Å²) in [6.45, 7) is 4.16. The summed E-state index contributed by atoms with van der Waals surface area (Å²) in [7, 11) is 1.68. The summed E-state index contributed by atoms with van der Waals surface area (Å²) in [6, 6.07) is 5.46. The molecule has 1 aromatic carbocycles. The molecule has 1 aromatic rings. The summed E-state index contributed by atoms with van der Waals surface area (Å²) >= 11 is 0. The van der Waals surface area contributed by atoms with Gasteiger partial charge in [-0.15, -0.1) is 0 Å². The second-order valence-corrected chi connectivity index (χ2v) is 6.26. The van der Waals surface area contributed by atoms with Crippen LogP contribution in [0.2, 0.25) is 0 Å². The number of nitrogens with zero attached hydrogens (tertiary/aromatic N) is 1. The first-order valence-corrected chi connectivity index (χ1v) is 8.01. The Morgan fingerprint density at radius 3 is 2.76 bits per heavy atom. The summed E-state index contributed by atoms with van der Waals surface area (Å²) in [5.41, 5.74) is 1.88. The predicted molar refractivity (Wildman–Crippen MR) is 83.0 cm³/mol. The van der Waals surface area contributed by atoms with Crippen LogP contribution in [-0.2, 0) is 11.3 Å². The van der Waals surface area contributed by atoms with E-state index in [1.54, 1.807) is 13.2 Å². The van der Waals surface area contributed by atoms with Gasteiger partial charge in [0, 0.05) is 44.5 Å². The van der Waals surface area contributed by atoms with E-state index >= 15 is 0 Å². The van der Waals surface area contributed by atoms with Crippen LogP contribution in [0.3, 0.4) is 0 Å². The summed E-state index contributed by atoms with van der Waals surface area (Å²) in [5, 5.41) is 3.27. The fourth-order valence-electron chi connectivity index (χ4n) is 3.84. The third-order valence-electron chi connectivity index (χ3n) is 4.95. The fraction of sp³-hybridized carbons (Fsp3) is 0.647. The van der Waals surface area contributed by atoms with Crippen molar-refractivity contribution in [1.29, 1.82) is 0 Å². The first-order chi connectivity index (χ1) is 10.3. The van der Waals surface area contributed by atoms with Crippen molar-refractivity contribution >= 4 is 5.69 Å². The van der Waals surface area contributed by atoms with Gasteiger partial charge in [0.1, 0.15) is 5.82 Å². The van der Waals surface area contributed by atoms with E-state index in [0.717, 1.165) is 42.7 Å². The molecule has 2 aliphatic rings. The second-order valence-electron chi connectivity index (χ2n) is 6.26. The number of nitrogens with one attached hydrogen (secondary N) is 1. The minimum absolute atomic E-state index is 0.102. The predicted octanol–water partition coefficient (Wildman–Crippen LogP) is 2.80. The van der Waals surface area contributed by atoms with E-state index in [0.29, 0.717) is 13.2 Å². The standard InChI is InChI=1S/C17H25FN2O/c1-21-9-8-19-10-15-16(18)6-3-7-17(15)20-11-13-4-2-5-14(13)12-20/h3,6-7,13-14,19H,2,4-5,8-12H2,1H3. The van der Waals surface area contributed by atoms with Crippen LogP contribution in [-0.4, -0.2) is 33.4 Å². The largest absolute Gasteiger partial charge is 0.383 e. The van der Waals surface area contributed by atoms with E-state index in [4.69, 9.17) is 4.74 Å². The highest BCUT2D eigenvalue weighted by atomic mass is 19.1. The Morgan fingerprint density at radius 1 is 1.29 bits per heavy atom. The van der Waals surface area contributed by atoms with Crippen molar-refractivity contribution in [2.75, 3.05) is 38.3 Å². The number of hydrogen-bond acceptors (Lipinski definition) is 3. The Bertz CT molecular complexity index is 468. The zero-order chi connectivity index (χ0) is 14.7. The molecule has 3 rings (SSSR count). The highest BCUT2D eigenvalue weighted by Gasteiger charge is 2.36. The Hall–Kier alpha value is -1.13. The SMILES string of the molecule is COCCNCc1c(F)cccc1N1CC2CCCC2C1. The third-order valence-corrected chi connectivity index (χ3v) is 4.95. The van der Waals surface area contributed by atoms with Crippen LogP contribution in [0, 0.1) is 17.7 Å². The minimum Gasteiger partial charge on any atom is -0.383 e. The molecule has 1 saturated heterocycles. The molecule has 0 spiro atoms. The summed E-state index contributed by atoms with van der Waals surface area (Å²) in [4.78, 5) is 2.39.